The third kappa shape index (κ3) is 6.99. The number of halogens is 2. The first-order valence-corrected chi connectivity index (χ1v) is 13.0. The molecular formula is C21H24BrFN3O9P. The number of nitrogens with zero attached hydrogens (tertiary/aromatic N) is 1. The highest BCUT2D eigenvalue weighted by Crippen LogP contribution is 2.46. The molecule has 36 heavy (non-hydrogen) atoms. The molecule has 1 saturated heterocycles. The van der Waals surface area contributed by atoms with Gasteiger partial charge in [-0.25, -0.2) is 13.8 Å². The van der Waals surface area contributed by atoms with Crippen LogP contribution in [0.2, 0.25) is 0 Å². The second-order valence-corrected chi connectivity index (χ2v) is 9.91. The molecule has 0 radical (unpaired) electrons. The van der Waals surface area contributed by atoms with E-state index in [0.29, 0.717) is 0 Å². The Bertz CT molecular complexity index is 1270. The number of carbonyl (C=O) groups excluding carboxylic acids is 1. The molecule has 1 fully saturated rings. The van der Waals surface area contributed by atoms with Crippen molar-refractivity contribution in [2.24, 2.45) is 0 Å². The van der Waals surface area contributed by atoms with Crippen molar-refractivity contribution < 1.29 is 37.4 Å². The number of hydrogen-bond donors (Lipinski definition) is 3. The normalized spacial score (nSPS) is 22.3. The molecule has 1 aromatic carbocycles. The summed E-state index contributed by atoms with van der Waals surface area (Å²) in [4.78, 5) is 39.6. The van der Waals surface area contributed by atoms with E-state index in [4.69, 9.17) is 13.8 Å². The lowest BCUT2D eigenvalue weighted by Gasteiger charge is -2.24. The van der Waals surface area contributed by atoms with Crippen molar-refractivity contribution >= 4 is 35.7 Å². The number of rotatable bonds is 10. The van der Waals surface area contributed by atoms with Crippen molar-refractivity contribution in [3.8, 4) is 5.75 Å². The maximum Gasteiger partial charge on any atom is 0.459 e. The van der Waals surface area contributed by atoms with Crippen LogP contribution in [-0.2, 0) is 23.4 Å². The number of nitrogens with one attached hydrogen (secondary N) is 2. The molecular weight excluding hydrogens is 568 g/mol. The van der Waals surface area contributed by atoms with Crippen molar-refractivity contribution in [1.29, 1.82) is 0 Å². The highest BCUT2D eigenvalue weighted by atomic mass is 79.9. The minimum atomic E-state index is -4.28. The third-order valence-electron chi connectivity index (χ3n) is 5.11. The maximum atomic E-state index is 13.4. The van der Waals surface area contributed by atoms with Crippen molar-refractivity contribution in [3.05, 3.63) is 67.7 Å². The van der Waals surface area contributed by atoms with E-state index in [1.165, 1.54) is 36.3 Å². The maximum absolute atomic E-state index is 13.4. The summed E-state index contributed by atoms with van der Waals surface area (Å²) in [5.74, 6) is -1.30. The zero-order valence-corrected chi connectivity index (χ0v) is 21.6. The number of benzene rings is 1. The van der Waals surface area contributed by atoms with Crippen molar-refractivity contribution in [2.75, 3.05) is 13.7 Å². The first-order valence-electron chi connectivity index (χ1n) is 10.6. The van der Waals surface area contributed by atoms with Gasteiger partial charge >= 0.3 is 19.4 Å². The number of aromatic nitrogens is 2. The number of aliphatic hydroxyl groups excluding tert-OH is 1. The number of aliphatic hydroxyl groups is 1. The van der Waals surface area contributed by atoms with E-state index in [-0.39, 0.29) is 17.7 Å². The summed E-state index contributed by atoms with van der Waals surface area (Å²) >= 11 is 3.06. The number of H-pyrrole nitrogens is 1. The molecule has 15 heteroatoms. The summed E-state index contributed by atoms with van der Waals surface area (Å²) in [6, 6.07) is 3.49. The Morgan fingerprint density at radius 1 is 1.42 bits per heavy atom. The molecule has 3 rings (SSSR count). The molecule has 0 saturated carbocycles. The largest absolute Gasteiger partial charge is 0.468 e. The third-order valence-corrected chi connectivity index (χ3v) is 7.01. The van der Waals surface area contributed by atoms with Gasteiger partial charge in [0.15, 0.2) is 0 Å². The van der Waals surface area contributed by atoms with E-state index in [1.807, 2.05) is 0 Å². The summed E-state index contributed by atoms with van der Waals surface area (Å²) < 4.78 is 49.0. The van der Waals surface area contributed by atoms with Crippen LogP contribution >= 0.6 is 23.7 Å². The predicted octanol–water partition coefficient (Wildman–Crippen LogP) is 2.04. The zero-order valence-electron chi connectivity index (χ0n) is 19.1. The molecule has 0 spiro atoms. The van der Waals surface area contributed by atoms with Crippen LogP contribution in [0.1, 0.15) is 25.1 Å². The molecule has 2 aromatic rings. The summed E-state index contributed by atoms with van der Waals surface area (Å²) in [6.45, 7) is 0.900. The first kappa shape index (κ1) is 28.0. The van der Waals surface area contributed by atoms with Gasteiger partial charge in [0, 0.05) is 12.6 Å². The monoisotopic (exact) mass is 591 g/mol. The smallest absolute Gasteiger partial charge is 0.459 e. The molecule has 5 atom stereocenters. The minimum Gasteiger partial charge on any atom is -0.468 e. The van der Waals surface area contributed by atoms with Gasteiger partial charge in [-0.05, 0) is 42.3 Å². The molecule has 2 heterocycles. The standard InChI is InChI=1S/C21H24BrFN3O9P/c1-12(20(29)32-2)25-36(31,35-15-5-3-14(23)4-6-15)33-11-17-16(27)9-18(34-17)26-10-13(7-8-22)19(28)24-21(26)30/h3-8,10,12,16-18,27H,9,11H2,1-2H3,(H,25,31)(H,24,28,30)/b8-7+/t12-,16+,17?,18+,36?/m0/s1. The second-order valence-electron chi connectivity index (χ2n) is 7.69. The molecule has 1 aliphatic heterocycles. The van der Waals surface area contributed by atoms with E-state index in [0.717, 1.165) is 23.8 Å². The van der Waals surface area contributed by atoms with Gasteiger partial charge in [-0.2, -0.15) is 5.09 Å². The fourth-order valence-electron chi connectivity index (χ4n) is 3.30. The van der Waals surface area contributed by atoms with Crippen molar-refractivity contribution in [1.82, 2.24) is 14.6 Å². The number of ether oxygens (including phenoxy) is 2. The van der Waals surface area contributed by atoms with E-state index < -0.39 is 61.9 Å². The Kier molecular flexibility index (Phi) is 9.39. The van der Waals surface area contributed by atoms with E-state index >= 15 is 0 Å². The average molecular weight is 592 g/mol. The van der Waals surface area contributed by atoms with Crippen LogP contribution < -0.4 is 20.9 Å². The fourth-order valence-corrected chi connectivity index (χ4v) is 5.09. The topological polar surface area (TPSA) is 158 Å². The number of hydrogen-bond acceptors (Lipinski definition) is 9. The highest BCUT2D eigenvalue weighted by molar-refractivity contribution is 9.11. The summed E-state index contributed by atoms with van der Waals surface area (Å²) in [5.41, 5.74) is -1.18. The molecule has 0 amide bonds. The van der Waals surface area contributed by atoms with Gasteiger partial charge in [-0.15, -0.1) is 0 Å². The zero-order chi connectivity index (χ0) is 26.5. The molecule has 1 aromatic heterocycles. The summed E-state index contributed by atoms with van der Waals surface area (Å²) in [7, 11) is -3.13. The van der Waals surface area contributed by atoms with E-state index in [1.54, 1.807) is 0 Å². The lowest BCUT2D eigenvalue weighted by molar-refractivity contribution is -0.142. The van der Waals surface area contributed by atoms with Crippen LogP contribution in [0.25, 0.3) is 6.08 Å². The molecule has 2 unspecified atom stereocenters. The van der Waals surface area contributed by atoms with Gasteiger partial charge in [-0.1, -0.05) is 15.9 Å². The van der Waals surface area contributed by atoms with Crippen LogP contribution in [0.3, 0.4) is 0 Å². The fraction of sp³-hybridized carbons (Fsp3) is 0.381. The lowest BCUT2D eigenvalue weighted by Crippen LogP contribution is -2.36. The van der Waals surface area contributed by atoms with Crippen LogP contribution in [0.4, 0.5) is 4.39 Å². The number of carbonyl (C=O) groups is 1. The molecule has 0 bridgehead atoms. The first-order chi connectivity index (χ1) is 17.0. The van der Waals surface area contributed by atoms with Crippen LogP contribution in [0.5, 0.6) is 5.75 Å². The Morgan fingerprint density at radius 3 is 2.75 bits per heavy atom. The predicted molar refractivity (Wildman–Crippen MR) is 129 cm³/mol. The van der Waals surface area contributed by atoms with Crippen LogP contribution in [-0.4, -0.2) is 52.6 Å². The summed E-state index contributed by atoms with van der Waals surface area (Å²) in [6.07, 6.45) is -0.475. The van der Waals surface area contributed by atoms with Gasteiger partial charge < -0.3 is 19.1 Å². The van der Waals surface area contributed by atoms with Crippen molar-refractivity contribution in [3.63, 3.8) is 0 Å². The molecule has 1 aliphatic rings. The number of aromatic amines is 1. The Hall–Kier alpha value is -2.61. The quantitative estimate of drug-likeness (QED) is 0.276. The summed E-state index contributed by atoms with van der Waals surface area (Å²) in [5, 5.41) is 12.9. The van der Waals surface area contributed by atoms with Crippen molar-refractivity contribution in [2.45, 2.75) is 37.8 Å². The Balaban J connectivity index is 1.76. The highest BCUT2D eigenvalue weighted by Gasteiger charge is 2.39. The second kappa shape index (κ2) is 12.1. The molecule has 12 nitrogen and oxygen atoms in total. The van der Waals surface area contributed by atoms with Gasteiger partial charge in [0.25, 0.3) is 5.56 Å². The SMILES string of the molecule is COC(=O)[C@H](C)NP(=O)(OCC1O[C@@H](n2cc(/C=C/Br)c(=O)[nH]c2=O)C[C@H]1O)Oc1ccc(F)cc1. The van der Waals surface area contributed by atoms with Crippen LogP contribution in [0, 0.1) is 5.82 Å². The minimum absolute atomic E-state index is 0.0118. The molecule has 0 aliphatic carbocycles. The number of methoxy groups -OCH3 is 1. The average Bonchev–Trinajstić information content (AvgIpc) is 3.20. The number of esters is 1. The molecule has 3 N–H and O–H groups in total. The lowest BCUT2D eigenvalue weighted by atomic mass is 10.2. The van der Waals surface area contributed by atoms with Crippen LogP contribution in [0.15, 0.2) is 45.0 Å². The Labute approximate surface area is 212 Å². The van der Waals surface area contributed by atoms with Gasteiger partial charge in [-0.3, -0.25) is 23.7 Å². The van der Waals surface area contributed by atoms with Gasteiger partial charge in [0.05, 0.1) is 25.4 Å². The van der Waals surface area contributed by atoms with Gasteiger partial charge in [0.1, 0.15) is 29.9 Å². The molecule has 196 valence electrons. The van der Waals surface area contributed by atoms with Gasteiger partial charge in [0.2, 0.25) is 0 Å². The Morgan fingerprint density at radius 2 is 2.11 bits per heavy atom. The van der Waals surface area contributed by atoms with E-state index in [9.17, 15) is 28.4 Å². The van der Waals surface area contributed by atoms with E-state index in [2.05, 4.69) is 30.7 Å².